The highest BCUT2D eigenvalue weighted by molar-refractivity contribution is 5.28. The van der Waals surface area contributed by atoms with Gasteiger partial charge in [0.1, 0.15) is 11.6 Å². The fraction of sp³-hybridized carbons (Fsp3) is 0.476. The minimum absolute atomic E-state index is 0.0711. The van der Waals surface area contributed by atoms with E-state index in [4.69, 9.17) is 4.74 Å². The van der Waals surface area contributed by atoms with Crippen LogP contribution in [0.3, 0.4) is 0 Å². The summed E-state index contributed by atoms with van der Waals surface area (Å²) in [5, 5.41) is 14.6. The van der Waals surface area contributed by atoms with Gasteiger partial charge in [0.25, 0.3) is 0 Å². The molecule has 2 aromatic rings. The zero-order valence-electron chi connectivity index (χ0n) is 15.0. The summed E-state index contributed by atoms with van der Waals surface area (Å²) in [6.45, 7) is 0. The van der Waals surface area contributed by atoms with E-state index in [2.05, 4.69) is 22.4 Å². The lowest BCUT2D eigenvalue weighted by Gasteiger charge is -2.32. The highest BCUT2D eigenvalue weighted by Gasteiger charge is 2.56. The van der Waals surface area contributed by atoms with Gasteiger partial charge >= 0.3 is 0 Å². The number of ether oxygens (including phenoxy) is 1. The van der Waals surface area contributed by atoms with Crippen molar-refractivity contribution in [2.45, 2.75) is 55.7 Å². The monoisotopic (exact) mass is 356 g/mol. The predicted octanol–water partition coefficient (Wildman–Crippen LogP) is 3.55. The Bertz CT molecular complexity index is 770. The molecule has 5 heteroatoms. The van der Waals surface area contributed by atoms with Gasteiger partial charge in [0, 0.05) is 22.8 Å². The van der Waals surface area contributed by atoms with E-state index in [0.717, 1.165) is 44.3 Å². The van der Waals surface area contributed by atoms with Gasteiger partial charge in [-0.2, -0.15) is 0 Å². The van der Waals surface area contributed by atoms with Crippen LogP contribution < -0.4 is 10.1 Å². The quantitative estimate of drug-likeness (QED) is 0.831. The molecule has 0 saturated carbocycles. The molecule has 0 spiro atoms. The van der Waals surface area contributed by atoms with Crippen LogP contribution in [-0.2, 0) is 6.42 Å². The van der Waals surface area contributed by atoms with Crippen molar-refractivity contribution in [1.29, 1.82) is 0 Å². The Balaban J connectivity index is 1.44. The van der Waals surface area contributed by atoms with Gasteiger partial charge in [0.15, 0.2) is 0 Å². The van der Waals surface area contributed by atoms with E-state index in [-0.39, 0.29) is 11.1 Å². The molecule has 1 atom stereocenters. The molecule has 2 N–H and O–H groups in total. The highest BCUT2D eigenvalue weighted by atomic mass is 19.1. The van der Waals surface area contributed by atoms with Crippen molar-refractivity contribution in [1.82, 2.24) is 10.3 Å². The molecule has 0 unspecified atom stereocenters. The average molecular weight is 356 g/mol. The number of nitrogens with one attached hydrogen (secondary N) is 1. The second kappa shape index (κ2) is 6.63. The summed E-state index contributed by atoms with van der Waals surface area (Å²) >= 11 is 0. The molecule has 0 radical (unpaired) electrons. The summed E-state index contributed by atoms with van der Waals surface area (Å²) in [5.41, 5.74) is 1.57. The SMILES string of the molecule is COc1ccc(CCC23CCC([C@H](O)c4cncc(F)c4)(CC2)N3)cc1. The largest absolute Gasteiger partial charge is 0.497 e. The number of rotatable bonds is 6. The van der Waals surface area contributed by atoms with Gasteiger partial charge in [-0.15, -0.1) is 0 Å². The van der Waals surface area contributed by atoms with Crippen LogP contribution in [0.5, 0.6) is 5.75 Å². The number of halogens is 1. The Hall–Kier alpha value is -1.98. The van der Waals surface area contributed by atoms with E-state index < -0.39 is 11.9 Å². The minimum Gasteiger partial charge on any atom is -0.497 e. The molecule has 138 valence electrons. The Morgan fingerprint density at radius 3 is 2.58 bits per heavy atom. The van der Waals surface area contributed by atoms with Crippen molar-refractivity contribution < 1.29 is 14.2 Å². The first kappa shape index (κ1) is 17.4. The first-order chi connectivity index (χ1) is 12.5. The summed E-state index contributed by atoms with van der Waals surface area (Å²) in [7, 11) is 1.67. The van der Waals surface area contributed by atoms with Gasteiger partial charge < -0.3 is 15.2 Å². The molecular formula is C21H25FN2O2. The normalized spacial score (nSPS) is 28.3. The number of aliphatic hydroxyl groups is 1. The molecule has 0 amide bonds. The molecule has 2 aliphatic heterocycles. The van der Waals surface area contributed by atoms with E-state index in [1.54, 1.807) is 13.3 Å². The van der Waals surface area contributed by atoms with Crippen molar-refractivity contribution in [3.05, 3.63) is 59.7 Å². The molecule has 4 rings (SSSR count). The molecule has 1 aromatic carbocycles. The third-order valence-corrected chi connectivity index (χ3v) is 6.23. The van der Waals surface area contributed by atoms with Crippen LogP contribution in [0.4, 0.5) is 4.39 Å². The lowest BCUT2D eigenvalue weighted by molar-refractivity contribution is 0.0730. The van der Waals surface area contributed by atoms with Crippen LogP contribution in [0.1, 0.15) is 49.3 Å². The summed E-state index contributed by atoms with van der Waals surface area (Å²) in [6.07, 6.45) is 7.95. The summed E-state index contributed by atoms with van der Waals surface area (Å²) < 4.78 is 18.7. The molecule has 2 bridgehead atoms. The molecule has 2 fully saturated rings. The van der Waals surface area contributed by atoms with Crippen LogP contribution in [0, 0.1) is 5.82 Å². The standard InChI is InChI=1S/C21H25FN2O2/c1-26-18-4-2-15(3-5-18)6-7-20-8-10-21(24-20,11-9-20)19(25)16-12-17(22)14-23-13-16/h2-5,12-14,19,24-25H,6-11H2,1H3/t19-,20?,21?/m1/s1. The van der Waals surface area contributed by atoms with Crippen molar-refractivity contribution in [3.8, 4) is 5.75 Å². The van der Waals surface area contributed by atoms with E-state index in [0.29, 0.717) is 5.56 Å². The van der Waals surface area contributed by atoms with E-state index in [9.17, 15) is 9.50 Å². The molecule has 2 saturated heterocycles. The topological polar surface area (TPSA) is 54.4 Å². The Morgan fingerprint density at radius 1 is 1.19 bits per heavy atom. The summed E-state index contributed by atoms with van der Waals surface area (Å²) in [6, 6.07) is 9.60. The maximum absolute atomic E-state index is 13.5. The van der Waals surface area contributed by atoms with Crippen molar-refractivity contribution in [2.75, 3.05) is 7.11 Å². The van der Waals surface area contributed by atoms with Crippen molar-refractivity contribution >= 4 is 0 Å². The van der Waals surface area contributed by atoms with Crippen LogP contribution in [0.2, 0.25) is 0 Å². The number of hydrogen-bond donors (Lipinski definition) is 2. The van der Waals surface area contributed by atoms with Gasteiger partial charge in [-0.05, 0) is 62.3 Å². The van der Waals surface area contributed by atoms with Gasteiger partial charge in [-0.3, -0.25) is 4.98 Å². The molecule has 2 aliphatic rings. The third-order valence-electron chi connectivity index (χ3n) is 6.23. The number of aryl methyl sites for hydroxylation is 1. The summed E-state index contributed by atoms with van der Waals surface area (Å²) in [4.78, 5) is 3.89. The molecule has 3 heterocycles. The molecule has 0 aliphatic carbocycles. The van der Waals surface area contributed by atoms with Gasteiger partial charge in [-0.1, -0.05) is 12.1 Å². The first-order valence-corrected chi connectivity index (χ1v) is 9.25. The van der Waals surface area contributed by atoms with Crippen molar-refractivity contribution in [3.63, 3.8) is 0 Å². The van der Waals surface area contributed by atoms with Crippen LogP contribution in [-0.4, -0.2) is 28.3 Å². The fourth-order valence-electron chi connectivity index (χ4n) is 4.68. The number of pyridine rings is 1. The lowest BCUT2D eigenvalue weighted by atomic mass is 9.76. The maximum atomic E-state index is 13.5. The molecular weight excluding hydrogens is 331 g/mol. The second-order valence-corrected chi connectivity index (χ2v) is 7.75. The molecule has 4 nitrogen and oxygen atoms in total. The molecule has 26 heavy (non-hydrogen) atoms. The minimum atomic E-state index is -0.726. The maximum Gasteiger partial charge on any atom is 0.141 e. The zero-order chi connectivity index (χ0) is 18.2. The van der Waals surface area contributed by atoms with Crippen LogP contribution in [0.25, 0.3) is 0 Å². The first-order valence-electron chi connectivity index (χ1n) is 9.25. The van der Waals surface area contributed by atoms with Crippen LogP contribution >= 0.6 is 0 Å². The average Bonchev–Trinajstić information content (AvgIpc) is 3.24. The Kier molecular flexibility index (Phi) is 4.45. The Labute approximate surface area is 153 Å². The number of nitrogens with zero attached hydrogens (tertiary/aromatic N) is 1. The lowest BCUT2D eigenvalue weighted by Crippen LogP contribution is -2.46. The van der Waals surface area contributed by atoms with Gasteiger partial charge in [0.2, 0.25) is 0 Å². The zero-order valence-corrected chi connectivity index (χ0v) is 15.0. The number of hydrogen-bond acceptors (Lipinski definition) is 4. The predicted molar refractivity (Wildman–Crippen MR) is 97.5 cm³/mol. The van der Waals surface area contributed by atoms with E-state index in [1.807, 2.05) is 12.1 Å². The van der Waals surface area contributed by atoms with E-state index >= 15 is 0 Å². The number of aliphatic hydroxyl groups excluding tert-OH is 1. The van der Waals surface area contributed by atoms with Crippen molar-refractivity contribution in [2.24, 2.45) is 0 Å². The third kappa shape index (κ3) is 3.10. The smallest absolute Gasteiger partial charge is 0.141 e. The number of aromatic nitrogens is 1. The number of methoxy groups -OCH3 is 1. The fourth-order valence-corrected chi connectivity index (χ4v) is 4.68. The van der Waals surface area contributed by atoms with E-state index in [1.165, 1.54) is 17.8 Å². The van der Waals surface area contributed by atoms with Crippen LogP contribution in [0.15, 0.2) is 42.7 Å². The summed E-state index contributed by atoms with van der Waals surface area (Å²) in [5.74, 6) is 0.470. The van der Waals surface area contributed by atoms with Gasteiger partial charge in [0.05, 0.1) is 19.4 Å². The number of benzene rings is 1. The van der Waals surface area contributed by atoms with Gasteiger partial charge in [-0.25, -0.2) is 4.39 Å². The highest BCUT2D eigenvalue weighted by Crippen LogP contribution is 2.52. The number of fused-ring (bicyclic) bond motifs is 2. The second-order valence-electron chi connectivity index (χ2n) is 7.75. The molecule has 1 aromatic heterocycles. The Morgan fingerprint density at radius 2 is 1.92 bits per heavy atom.